The molecule has 0 N–H and O–H groups in total. The van der Waals surface area contributed by atoms with E-state index in [1.165, 1.54) is 11.5 Å². The molecule has 0 spiro atoms. The van der Waals surface area contributed by atoms with Gasteiger partial charge in [-0.1, -0.05) is 25.6 Å². The van der Waals surface area contributed by atoms with Crippen molar-refractivity contribution < 1.29 is 0 Å². The summed E-state index contributed by atoms with van der Waals surface area (Å²) in [7, 11) is 0. The molecule has 62 valence electrons. The van der Waals surface area contributed by atoms with E-state index in [0.29, 0.717) is 0 Å². The molecule has 0 aromatic carbocycles. The monoisotopic (exact) mass is 188 g/mol. The second-order valence-corrected chi connectivity index (χ2v) is 4.83. The van der Waals surface area contributed by atoms with Gasteiger partial charge >= 0.3 is 0 Å². The Bertz CT molecular complexity index is 220. The number of aryl methyl sites for hydroxylation is 1. The molecule has 0 aliphatic heterocycles. The topological polar surface area (TPSA) is 25.8 Å². The Hall–Kier alpha value is -0.0900. The molecule has 0 saturated carbocycles. The van der Waals surface area contributed by atoms with E-state index in [1.807, 2.05) is 6.92 Å². The van der Waals surface area contributed by atoms with E-state index < -0.39 is 0 Å². The van der Waals surface area contributed by atoms with Gasteiger partial charge in [-0.2, -0.15) is 4.37 Å². The van der Waals surface area contributed by atoms with Gasteiger partial charge in [0.25, 0.3) is 0 Å². The van der Waals surface area contributed by atoms with Gasteiger partial charge in [0.1, 0.15) is 5.82 Å². The molecule has 0 fully saturated rings. The van der Waals surface area contributed by atoms with Crippen LogP contribution in [0.5, 0.6) is 0 Å². The number of aromatic nitrogens is 2. The molecule has 1 aromatic heterocycles. The van der Waals surface area contributed by atoms with Gasteiger partial charge in [0.05, 0.1) is 0 Å². The van der Waals surface area contributed by atoms with E-state index >= 15 is 0 Å². The van der Waals surface area contributed by atoms with Crippen LogP contribution in [-0.2, 0) is 0 Å². The zero-order valence-electron chi connectivity index (χ0n) is 7.00. The molecule has 0 radical (unpaired) electrons. The van der Waals surface area contributed by atoms with Crippen molar-refractivity contribution in [3.8, 4) is 0 Å². The van der Waals surface area contributed by atoms with E-state index in [4.69, 9.17) is 0 Å². The van der Waals surface area contributed by atoms with Crippen molar-refractivity contribution in [1.82, 2.24) is 9.36 Å². The third-order valence-electron chi connectivity index (χ3n) is 1.05. The standard InChI is InChI=1S/C7H12N2S2/c1-5(2)4-10-7-8-6(3)9-11-7/h5H,4H2,1-3H3. The van der Waals surface area contributed by atoms with Crippen LogP contribution in [0.2, 0.25) is 0 Å². The quantitative estimate of drug-likeness (QED) is 0.682. The Labute approximate surface area is 75.6 Å². The number of hydrogen-bond donors (Lipinski definition) is 0. The van der Waals surface area contributed by atoms with E-state index in [2.05, 4.69) is 23.2 Å². The molecule has 0 bridgehead atoms. The lowest BCUT2D eigenvalue weighted by atomic mass is 10.3. The minimum Gasteiger partial charge on any atom is -0.213 e. The lowest BCUT2D eigenvalue weighted by Crippen LogP contribution is -1.89. The number of hydrogen-bond acceptors (Lipinski definition) is 4. The summed E-state index contributed by atoms with van der Waals surface area (Å²) in [4.78, 5) is 4.25. The first kappa shape index (κ1) is 9.00. The van der Waals surface area contributed by atoms with Crippen LogP contribution in [0.25, 0.3) is 0 Å². The second-order valence-electron chi connectivity index (χ2n) is 2.81. The highest BCUT2D eigenvalue weighted by Gasteiger charge is 2.01. The lowest BCUT2D eigenvalue weighted by molar-refractivity contribution is 0.750. The third-order valence-corrected chi connectivity index (χ3v) is 3.40. The SMILES string of the molecule is Cc1nsc(SCC(C)C)n1. The molecule has 1 heterocycles. The number of rotatable bonds is 3. The average Bonchev–Trinajstić information content (AvgIpc) is 2.31. The predicted molar refractivity (Wildman–Crippen MR) is 50.2 cm³/mol. The van der Waals surface area contributed by atoms with Crippen LogP contribution in [0.1, 0.15) is 19.7 Å². The highest BCUT2D eigenvalue weighted by Crippen LogP contribution is 2.21. The first-order valence-electron chi connectivity index (χ1n) is 3.61. The lowest BCUT2D eigenvalue weighted by Gasteiger charge is -1.98. The molecule has 0 aliphatic carbocycles. The molecule has 1 rings (SSSR count). The summed E-state index contributed by atoms with van der Waals surface area (Å²) < 4.78 is 5.20. The summed E-state index contributed by atoms with van der Waals surface area (Å²) in [5, 5.41) is 0. The molecule has 0 saturated heterocycles. The van der Waals surface area contributed by atoms with Gasteiger partial charge in [-0.3, -0.25) is 0 Å². The fourth-order valence-electron chi connectivity index (χ4n) is 0.575. The van der Waals surface area contributed by atoms with Gasteiger partial charge in [-0.05, 0) is 24.4 Å². The van der Waals surface area contributed by atoms with Crippen LogP contribution < -0.4 is 0 Å². The van der Waals surface area contributed by atoms with Crippen molar-refractivity contribution in [1.29, 1.82) is 0 Å². The summed E-state index contributed by atoms with van der Waals surface area (Å²) in [6.07, 6.45) is 0. The zero-order valence-corrected chi connectivity index (χ0v) is 8.63. The van der Waals surface area contributed by atoms with Crippen LogP contribution in [0.4, 0.5) is 0 Å². The van der Waals surface area contributed by atoms with E-state index in [9.17, 15) is 0 Å². The highest BCUT2D eigenvalue weighted by molar-refractivity contribution is 8.00. The molecule has 0 amide bonds. The highest BCUT2D eigenvalue weighted by atomic mass is 32.2. The summed E-state index contributed by atoms with van der Waals surface area (Å²) in [5.41, 5.74) is 0. The van der Waals surface area contributed by atoms with Crippen molar-refractivity contribution in [2.45, 2.75) is 25.1 Å². The van der Waals surface area contributed by atoms with E-state index in [0.717, 1.165) is 21.8 Å². The van der Waals surface area contributed by atoms with Crippen molar-refractivity contribution >= 4 is 23.3 Å². The Morgan fingerprint density at radius 1 is 1.55 bits per heavy atom. The molecule has 11 heavy (non-hydrogen) atoms. The Balaban J connectivity index is 2.39. The number of nitrogens with zero attached hydrogens (tertiary/aromatic N) is 2. The Morgan fingerprint density at radius 3 is 2.73 bits per heavy atom. The maximum atomic E-state index is 4.25. The predicted octanol–water partition coefficient (Wildman–Crippen LogP) is 2.59. The van der Waals surface area contributed by atoms with Crippen LogP contribution in [0, 0.1) is 12.8 Å². The zero-order chi connectivity index (χ0) is 8.27. The summed E-state index contributed by atoms with van der Waals surface area (Å²) in [5.74, 6) is 2.75. The minimum absolute atomic E-state index is 0.726. The molecule has 0 atom stereocenters. The van der Waals surface area contributed by atoms with E-state index in [-0.39, 0.29) is 0 Å². The fourth-order valence-corrected chi connectivity index (χ4v) is 2.20. The molecule has 0 unspecified atom stereocenters. The van der Waals surface area contributed by atoms with Gasteiger partial charge in [0.15, 0.2) is 4.34 Å². The molecule has 0 aliphatic rings. The van der Waals surface area contributed by atoms with Crippen molar-refractivity contribution in [3.63, 3.8) is 0 Å². The van der Waals surface area contributed by atoms with E-state index in [1.54, 1.807) is 11.8 Å². The smallest absolute Gasteiger partial charge is 0.170 e. The summed E-state index contributed by atoms with van der Waals surface area (Å²) in [6.45, 7) is 6.34. The van der Waals surface area contributed by atoms with Crippen LogP contribution >= 0.6 is 23.3 Å². The third kappa shape index (κ3) is 3.20. The van der Waals surface area contributed by atoms with Crippen LogP contribution in [0.3, 0.4) is 0 Å². The van der Waals surface area contributed by atoms with Gasteiger partial charge in [0.2, 0.25) is 0 Å². The van der Waals surface area contributed by atoms with Gasteiger partial charge < -0.3 is 0 Å². The Morgan fingerprint density at radius 2 is 2.27 bits per heavy atom. The molecular formula is C7H12N2S2. The molecule has 1 aromatic rings. The normalized spacial score (nSPS) is 10.9. The van der Waals surface area contributed by atoms with Crippen LogP contribution in [-0.4, -0.2) is 15.1 Å². The first-order valence-corrected chi connectivity index (χ1v) is 5.37. The molecule has 2 nitrogen and oxygen atoms in total. The summed E-state index contributed by atoms with van der Waals surface area (Å²) >= 11 is 3.29. The largest absolute Gasteiger partial charge is 0.213 e. The van der Waals surface area contributed by atoms with Gasteiger partial charge in [-0.25, -0.2) is 4.98 Å². The number of thioether (sulfide) groups is 1. The van der Waals surface area contributed by atoms with Gasteiger partial charge in [-0.15, -0.1) is 0 Å². The maximum absolute atomic E-state index is 4.25. The van der Waals surface area contributed by atoms with Crippen LogP contribution in [0.15, 0.2) is 4.34 Å². The van der Waals surface area contributed by atoms with Crippen molar-refractivity contribution in [2.75, 3.05) is 5.75 Å². The summed E-state index contributed by atoms with van der Waals surface area (Å²) in [6, 6.07) is 0. The first-order chi connectivity index (χ1) is 5.18. The minimum atomic E-state index is 0.726. The molecule has 4 heteroatoms. The van der Waals surface area contributed by atoms with Crippen molar-refractivity contribution in [3.05, 3.63) is 5.82 Å². The second kappa shape index (κ2) is 4.07. The van der Waals surface area contributed by atoms with Crippen molar-refractivity contribution in [2.24, 2.45) is 5.92 Å². The maximum Gasteiger partial charge on any atom is 0.170 e. The Kier molecular flexibility index (Phi) is 3.33. The molecular weight excluding hydrogens is 176 g/mol. The average molecular weight is 188 g/mol. The van der Waals surface area contributed by atoms with Gasteiger partial charge in [0, 0.05) is 5.75 Å². The fraction of sp³-hybridized carbons (Fsp3) is 0.714.